The van der Waals surface area contributed by atoms with E-state index in [1.165, 1.54) is 24.3 Å². The predicted octanol–water partition coefficient (Wildman–Crippen LogP) is 2.07. The first-order valence-corrected chi connectivity index (χ1v) is 9.29. The SMILES string of the molecule is N=C(C1C=Nc2c(N)ncnc21)[C@@H](O)[C@@H](O)C(=N)CSc1ccc(Cl)cc1. The molecule has 0 spiro atoms. The molecule has 0 bridgehead atoms. The van der Waals surface area contributed by atoms with Crippen LogP contribution in [-0.4, -0.2) is 55.8 Å². The van der Waals surface area contributed by atoms with Gasteiger partial charge in [0.25, 0.3) is 0 Å². The van der Waals surface area contributed by atoms with Crippen LogP contribution in [0.3, 0.4) is 0 Å². The molecule has 27 heavy (non-hydrogen) atoms. The fraction of sp³-hybridized carbons (Fsp3) is 0.235. The maximum absolute atomic E-state index is 10.4. The van der Waals surface area contributed by atoms with E-state index in [2.05, 4.69) is 15.0 Å². The number of fused-ring (bicyclic) bond motifs is 1. The highest BCUT2D eigenvalue weighted by molar-refractivity contribution is 8.00. The van der Waals surface area contributed by atoms with Crippen LogP contribution in [0.1, 0.15) is 11.6 Å². The third-order valence-corrected chi connectivity index (χ3v) is 5.36. The molecule has 0 saturated heterocycles. The Bertz CT molecular complexity index is 905. The lowest BCUT2D eigenvalue weighted by Crippen LogP contribution is -2.42. The van der Waals surface area contributed by atoms with Crippen molar-refractivity contribution >= 4 is 52.5 Å². The average Bonchev–Trinajstić information content (AvgIpc) is 3.11. The van der Waals surface area contributed by atoms with E-state index in [-0.39, 0.29) is 23.0 Å². The lowest BCUT2D eigenvalue weighted by Gasteiger charge is -2.22. The number of aromatic nitrogens is 2. The van der Waals surface area contributed by atoms with Gasteiger partial charge in [0.1, 0.15) is 24.2 Å². The number of hydrogen-bond acceptors (Lipinski definition) is 9. The largest absolute Gasteiger partial charge is 0.384 e. The van der Waals surface area contributed by atoms with Crippen LogP contribution in [0.2, 0.25) is 5.02 Å². The number of rotatable bonds is 7. The highest BCUT2D eigenvalue weighted by Crippen LogP contribution is 2.35. The lowest BCUT2D eigenvalue weighted by atomic mass is 9.93. The lowest BCUT2D eigenvalue weighted by molar-refractivity contribution is 0.103. The summed E-state index contributed by atoms with van der Waals surface area (Å²) in [4.78, 5) is 12.9. The Labute approximate surface area is 164 Å². The molecule has 3 rings (SSSR count). The molecule has 1 aromatic heterocycles. The second-order valence-corrected chi connectivity index (χ2v) is 7.35. The molecular formula is C17H17ClN6O2S. The van der Waals surface area contributed by atoms with E-state index in [1.807, 2.05) is 0 Å². The van der Waals surface area contributed by atoms with Gasteiger partial charge in [-0.1, -0.05) is 11.6 Å². The zero-order chi connectivity index (χ0) is 19.6. The van der Waals surface area contributed by atoms with Crippen LogP contribution in [0.15, 0.2) is 40.5 Å². The number of halogens is 1. The molecule has 0 saturated carbocycles. The number of nitrogens with zero attached hydrogens (tertiary/aromatic N) is 3. The number of aliphatic hydroxyl groups is 2. The number of nitrogen functional groups attached to an aromatic ring is 1. The molecule has 3 atom stereocenters. The van der Waals surface area contributed by atoms with Gasteiger partial charge in [-0.25, -0.2) is 9.97 Å². The van der Waals surface area contributed by atoms with Crippen LogP contribution in [0.25, 0.3) is 0 Å². The summed E-state index contributed by atoms with van der Waals surface area (Å²) < 4.78 is 0. The Morgan fingerprint density at radius 3 is 2.59 bits per heavy atom. The fourth-order valence-electron chi connectivity index (χ4n) is 2.54. The molecule has 0 amide bonds. The quantitative estimate of drug-likeness (QED) is 0.351. The molecule has 2 aromatic rings. The molecular weight excluding hydrogens is 388 g/mol. The van der Waals surface area contributed by atoms with Gasteiger partial charge in [0.2, 0.25) is 0 Å². The maximum atomic E-state index is 10.4. The Morgan fingerprint density at radius 2 is 1.89 bits per heavy atom. The first-order chi connectivity index (χ1) is 12.9. The first kappa shape index (κ1) is 19.4. The van der Waals surface area contributed by atoms with Gasteiger partial charge in [-0.2, -0.15) is 0 Å². The summed E-state index contributed by atoms with van der Waals surface area (Å²) >= 11 is 7.16. The maximum Gasteiger partial charge on any atom is 0.153 e. The standard InChI is InChI=1S/C17H17ClN6O2S/c18-8-1-3-9(4-2-8)27-6-11(19)15(25)16(26)12(20)10-5-22-14-13(10)23-7-24-17(14)21/h1-5,7,10,15-16,19-20,25-26H,6H2,(H2,21,23,24)/t10?,15-,16+/m0/s1. The fourth-order valence-corrected chi connectivity index (χ4v) is 3.48. The van der Waals surface area contributed by atoms with Crippen LogP contribution in [0, 0.1) is 10.8 Å². The van der Waals surface area contributed by atoms with E-state index in [4.69, 9.17) is 28.2 Å². The van der Waals surface area contributed by atoms with E-state index in [1.54, 1.807) is 24.3 Å². The zero-order valence-corrected chi connectivity index (χ0v) is 15.6. The molecule has 10 heteroatoms. The molecule has 1 aliphatic heterocycles. The molecule has 1 unspecified atom stereocenters. The number of hydrogen-bond donors (Lipinski definition) is 5. The van der Waals surface area contributed by atoms with Gasteiger partial charge >= 0.3 is 0 Å². The Kier molecular flexibility index (Phi) is 5.85. The summed E-state index contributed by atoms with van der Waals surface area (Å²) in [5.41, 5.74) is 6.20. The van der Waals surface area contributed by atoms with Crippen LogP contribution >= 0.6 is 23.4 Å². The number of nitrogens with one attached hydrogen (secondary N) is 2. The van der Waals surface area contributed by atoms with E-state index in [0.717, 1.165) is 4.90 Å². The first-order valence-electron chi connectivity index (χ1n) is 7.93. The summed E-state index contributed by atoms with van der Waals surface area (Å²) in [6.45, 7) is 0. The van der Waals surface area contributed by atoms with Crippen molar-refractivity contribution in [3.8, 4) is 0 Å². The summed E-state index contributed by atoms with van der Waals surface area (Å²) in [6.07, 6.45) is -0.368. The van der Waals surface area contributed by atoms with Crippen molar-refractivity contribution in [3.63, 3.8) is 0 Å². The highest BCUT2D eigenvalue weighted by atomic mass is 35.5. The van der Waals surface area contributed by atoms with Gasteiger partial charge in [-0.15, -0.1) is 11.8 Å². The van der Waals surface area contributed by atoms with Crippen molar-refractivity contribution in [2.45, 2.75) is 23.0 Å². The van der Waals surface area contributed by atoms with E-state index in [9.17, 15) is 10.2 Å². The van der Waals surface area contributed by atoms with Gasteiger partial charge in [0.05, 0.1) is 23.0 Å². The van der Waals surface area contributed by atoms with Crippen molar-refractivity contribution in [2.24, 2.45) is 4.99 Å². The molecule has 1 aromatic carbocycles. The highest BCUT2D eigenvalue weighted by Gasteiger charge is 2.34. The molecule has 0 fully saturated rings. The van der Waals surface area contributed by atoms with Crippen LogP contribution in [0.5, 0.6) is 0 Å². The minimum Gasteiger partial charge on any atom is -0.384 e. The van der Waals surface area contributed by atoms with Crippen molar-refractivity contribution in [3.05, 3.63) is 41.3 Å². The molecule has 0 radical (unpaired) electrons. The summed E-state index contributed by atoms with van der Waals surface area (Å²) in [6, 6.07) is 7.08. The summed E-state index contributed by atoms with van der Waals surface area (Å²) in [5.74, 6) is -0.363. The van der Waals surface area contributed by atoms with Crippen molar-refractivity contribution < 1.29 is 10.2 Å². The Balaban J connectivity index is 1.63. The minimum atomic E-state index is -1.55. The van der Waals surface area contributed by atoms with Gasteiger partial charge < -0.3 is 26.8 Å². The second-order valence-electron chi connectivity index (χ2n) is 5.86. The van der Waals surface area contributed by atoms with Gasteiger partial charge in [0, 0.05) is 21.9 Å². The molecule has 8 nitrogen and oxygen atoms in total. The van der Waals surface area contributed by atoms with E-state index >= 15 is 0 Å². The summed E-state index contributed by atoms with van der Waals surface area (Å²) in [7, 11) is 0. The number of aliphatic hydroxyl groups excluding tert-OH is 2. The number of thioether (sulfide) groups is 1. The molecule has 2 heterocycles. The normalized spacial score (nSPS) is 17.4. The number of aliphatic imine (C=N–C) groups is 1. The van der Waals surface area contributed by atoms with Crippen molar-refractivity contribution in [1.29, 1.82) is 10.8 Å². The van der Waals surface area contributed by atoms with Crippen LogP contribution in [-0.2, 0) is 0 Å². The second kappa shape index (κ2) is 8.13. The predicted molar refractivity (Wildman–Crippen MR) is 107 cm³/mol. The number of anilines is 1. The van der Waals surface area contributed by atoms with Crippen molar-refractivity contribution in [1.82, 2.24) is 9.97 Å². The smallest absolute Gasteiger partial charge is 0.153 e. The number of nitrogens with two attached hydrogens (primary N) is 1. The van der Waals surface area contributed by atoms with Crippen LogP contribution < -0.4 is 5.73 Å². The topological polar surface area (TPSA) is 152 Å². The zero-order valence-electron chi connectivity index (χ0n) is 14.0. The molecule has 140 valence electrons. The third kappa shape index (κ3) is 4.16. The average molecular weight is 405 g/mol. The van der Waals surface area contributed by atoms with Gasteiger partial charge in [0.15, 0.2) is 5.82 Å². The van der Waals surface area contributed by atoms with Gasteiger partial charge in [-0.05, 0) is 24.3 Å². The van der Waals surface area contributed by atoms with E-state index in [0.29, 0.717) is 16.4 Å². The van der Waals surface area contributed by atoms with Crippen molar-refractivity contribution in [2.75, 3.05) is 11.5 Å². The molecule has 1 aliphatic rings. The van der Waals surface area contributed by atoms with E-state index < -0.39 is 18.1 Å². The molecule has 0 aliphatic carbocycles. The number of benzene rings is 1. The Hall–Kier alpha value is -2.33. The molecule has 6 N–H and O–H groups in total. The minimum absolute atomic E-state index is 0.0930. The summed E-state index contributed by atoms with van der Waals surface area (Å²) in [5, 5.41) is 37.5. The van der Waals surface area contributed by atoms with Crippen LogP contribution in [0.4, 0.5) is 11.5 Å². The Morgan fingerprint density at radius 1 is 1.19 bits per heavy atom. The monoisotopic (exact) mass is 404 g/mol. The third-order valence-electron chi connectivity index (χ3n) is 4.04. The van der Waals surface area contributed by atoms with Gasteiger partial charge in [-0.3, -0.25) is 4.99 Å².